The Morgan fingerprint density at radius 2 is 1.43 bits per heavy atom. The summed E-state index contributed by atoms with van der Waals surface area (Å²) >= 11 is 0. The Bertz CT molecular complexity index is 847. The van der Waals surface area contributed by atoms with Gasteiger partial charge in [0.1, 0.15) is 6.10 Å². The quantitative estimate of drug-likeness (QED) is 0.736. The van der Waals surface area contributed by atoms with Gasteiger partial charge in [0.05, 0.1) is 34.5 Å². The third-order valence-corrected chi connectivity index (χ3v) is 6.00. The lowest BCUT2D eigenvalue weighted by atomic mass is 9.75. The molecule has 28 heavy (non-hydrogen) atoms. The maximum Gasteiger partial charge on any atom is 0.166 e. The van der Waals surface area contributed by atoms with Gasteiger partial charge in [-0.05, 0) is 42.2 Å². The Kier molecular flexibility index (Phi) is 5.36. The number of hydrogen-bond donors (Lipinski definition) is 0. The maximum atomic E-state index is 6.69. The third kappa shape index (κ3) is 3.08. The van der Waals surface area contributed by atoms with Crippen molar-refractivity contribution in [3.63, 3.8) is 0 Å². The molecule has 5 heteroatoms. The summed E-state index contributed by atoms with van der Waals surface area (Å²) in [6.45, 7) is 0. The van der Waals surface area contributed by atoms with Gasteiger partial charge in [-0.15, -0.1) is 0 Å². The Morgan fingerprint density at radius 1 is 0.750 bits per heavy atom. The van der Waals surface area contributed by atoms with E-state index in [0.29, 0.717) is 23.2 Å². The van der Waals surface area contributed by atoms with Crippen molar-refractivity contribution < 1.29 is 23.7 Å². The van der Waals surface area contributed by atoms with Gasteiger partial charge in [-0.25, -0.2) is 0 Å². The van der Waals surface area contributed by atoms with E-state index in [1.807, 2.05) is 12.1 Å². The van der Waals surface area contributed by atoms with Gasteiger partial charge in [-0.3, -0.25) is 0 Å². The van der Waals surface area contributed by atoms with Crippen molar-refractivity contribution in [2.75, 3.05) is 28.4 Å². The largest absolute Gasteiger partial charge is 0.493 e. The fourth-order valence-electron chi connectivity index (χ4n) is 4.68. The van der Waals surface area contributed by atoms with Crippen LogP contribution in [0, 0.1) is 0 Å². The van der Waals surface area contributed by atoms with Gasteiger partial charge in [-0.1, -0.05) is 25.0 Å². The zero-order chi connectivity index (χ0) is 19.7. The predicted molar refractivity (Wildman–Crippen MR) is 107 cm³/mol. The summed E-state index contributed by atoms with van der Waals surface area (Å²) in [6, 6.07) is 10.1. The Balaban J connectivity index is 1.90. The van der Waals surface area contributed by atoms with Crippen LogP contribution >= 0.6 is 0 Å². The Morgan fingerprint density at radius 3 is 2.11 bits per heavy atom. The first kappa shape index (κ1) is 18.9. The van der Waals surface area contributed by atoms with Gasteiger partial charge in [0, 0.05) is 11.5 Å². The van der Waals surface area contributed by atoms with Crippen LogP contribution in [0.3, 0.4) is 0 Å². The second-order valence-electron chi connectivity index (χ2n) is 7.36. The highest BCUT2D eigenvalue weighted by molar-refractivity contribution is 5.56. The number of benzene rings is 2. The van der Waals surface area contributed by atoms with E-state index in [1.165, 1.54) is 18.4 Å². The molecule has 0 spiro atoms. The molecule has 1 aliphatic heterocycles. The van der Waals surface area contributed by atoms with Crippen LogP contribution in [0.25, 0.3) is 0 Å². The number of ether oxygens (including phenoxy) is 5. The van der Waals surface area contributed by atoms with Crippen LogP contribution in [-0.2, 0) is 4.74 Å². The third-order valence-electron chi connectivity index (χ3n) is 6.00. The van der Waals surface area contributed by atoms with Crippen molar-refractivity contribution in [1.29, 1.82) is 0 Å². The molecular weight excluding hydrogens is 356 g/mol. The van der Waals surface area contributed by atoms with Crippen LogP contribution in [0.1, 0.15) is 54.4 Å². The molecule has 1 saturated carbocycles. The van der Waals surface area contributed by atoms with E-state index in [-0.39, 0.29) is 12.2 Å². The van der Waals surface area contributed by atoms with Crippen LogP contribution in [0.5, 0.6) is 23.0 Å². The first-order chi connectivity index (χ1) is 13.7. The average Bonchev–Trinajstić information content (AvgIpc) is 2.76. The molecule has 2 aromatic carbocycles. The van der Waals surface area contributed by atoms with Crippen molar-refractivity contribution in [3.05, 3.63) is 47.0 Å². The first-order valence-electron chi connectivity index (χ1n) is 9.84. The average molecular weight is 384 g/mol. The van der Waals surface area contributed by atoms with Gasteiger partial charge in [0.15, 0.2) is 23.0 Å². The Labute approximate surface area is 166 Å². The van der Waals surface area contributed by atoms with E-state index >= 15 is 0 Å². The number of methoxy groups -OCH3 is 4. The van der Waals surface area contributed by atoms with Crippen LogP contribution in [0.4, 0.5) is 0 Å². The molecule has 1 fully saturated rings. The Hall–Kier alpha value is -2.40. The summed E-state index contributed by atoms with van der Waals surface area (Å²) < 4.78 is 29.1. The van der Waals surface area contributed by atoms with E-state index in [9.17, 15) is 0 Å². The van der Waals surface area contributed by atoms with Crippen molar-refractivity contribution in [3.8, 4) is 23.0 Å². The molecule has 3 atom stereocenters. The molecule has 1 heterocycles. The fourth-order valence-corrected chi connectivity index (χ4v) is 4.68. The van der Waals surface area contributed by atoms with E-state index in [0.717, 1.165) is 29.7 Å². The van der Waals surface area contributed by atoms with Gasteiger partial charge < -0.3 is 23.7 Å². The number of rotatable bonds is 5. The number of fused-ring (bicyclic) bond motifs is 3. The molecule has 0 amide bonds. The predicted octanol–water partition coefficient (Wildman–Crippen LogP) is 4.87. The molecule has 0 saturated heterocycles. The van der Waals surface area contributed by atoms with Gasteiger partial charge in [-0.2, -0.15) is 0 Å². The lowest BCUT2D eigenvalue weighted by Crippen LogP contribution is -2.34. The van der Waals surface area contributed by atoms with Crippen LogP contribution in [0.15, 0.2) is 30.3 Å². The van der Waals surface area contributed by atoms with Gasteiger partial charge in [0.2, 0.25) is 0 Å². The molecule has 1 aliphatic carbocycles. The summed E-state index contributed by atoms with van der Waals surface area (Å²) in [4.78, 5) is 0. The van der Waals surface area contributed by atoms with Crippen LogP contribution in [-0.4, -0.2) is 34.5 Å². The number of para-hydroxylation sites is 1. The first-order valence-corrected chi connectivity index (χ1v) is 9.84. The van der Waals surface area contributed by atoms with Crippen molar-refractivity contribution in [2.24, 2.45) is 0 Å². The fraction of sp³-hybridized carbons (Fsp3) is 0.478. The van der Waals surface area contributed by atoms with Crippen LogP contribution in [0.2, 0.25) is 0 Å². The highest BCUT2D eigenvalue weighted by atomic mass is 16.5. The van der Waals surface area contributed by atoms with E-state index in [1.54, 1.807) is 28.4 Å². The minimum atomic E-state index is -0.237. The topological polar surface area (TPSA) is 46.2 Å². The smallest absolute Gasteiger partial charge is 0.166 e. The molecule has 0 unspecified atom stereocenters. The van der Waals surface area contributed by atoms with Gasteiger partial charge in [0.25, 0.3) is 0 Å². The summed E-state index contributed by atoms with van der Waals surface area (Å²) in [5.41, 5.74) is 3.38. The lowest BCUT2D eigenvalue weighted by molar-refractivity contribution is -0.0399. The molecular formula is C23H28O5. The molecule has 0 radical (unpaired) electrons. The van der Waals surface area contributed by atoms with Gasteiger partial charge >= 0.3 is 0 Å². The monoisotopic (exact) mass is 384 g/mol. The molecule has 0 bridgehead atoms. The molecule has 5 nitrogen and oxygen atoms in total. The minimum absolute atomic E-state index is 0.195. The molecule has 0 aromatic heterocycles. The molecule has 4 rings (SSSR count). The summed E-state index contributed by atoms with van der Waals surface area (Å²) in [5.74, 6) is 3.28. The molecule has 0 N–H and O–H groups in total. The standard InChI is InChI=1S/C23H28O5/c1-24-19-11-7-9-15(23(19)27-4)22-17-13-21(26-3)20(25-2)12-16(17)14-8-5-6-10-18(14)28-22/h7,9,11-14,18,22H,5-6,8,10H2,1-4H3/t14-,18-,22-/m1/s1. The van der Waals surface area contributed by atoms with E-state index < -0.39 is 0 Å². The zero-order valence-electron chi connectivity index (χ0n) is 17.0. The minimum Gasteiger partial charge on any atom is -0.493 e. The van der Waals surface area contributed by atoms with Crippen LogP contribution < -0.4 is 18.9 Å². The second-order valence-corrected chi connectivity index (χ2v) is 7.36. The summed E-state index contributed by atoms with van der Waals surface area (Å²) in [5, 5.41) is 0. The van der Waals surface area contributed by atoms with Crippen molar-refractivity contribution in [1.82, 2.24) is 0 Å². The highest BCUT2D eigenvalue weighted by Crippen LogP contribution is 2.51. The SMILES string of the molecule is COc1cc2c(cc1OC)[C@H]1CCCC[C@H]1O[C@@H]2c1cccc(OC)c1OC. The van der Waals surface area contributed by atoms with Crippen molar-refractivity contribution >= 4 is 0 Å². The van der Waals surface area contributed by atoms with Crippen molar-refractivity contribution in [2.45, 2.75) is 43.8 Å². The molecule has 2 aromatic rings. The highest BCUT2D eigenvalue weighted by Gasteiger charge is 2.40. The lowest BCUT2D eigenvalue weighted by Gasteiger charge is -2.42. The molecule has 2 aliphatic rings. The maximum absolute atomic E-state index is 6.69. The zero-order valence-corrected chi connectivity index (χ0v) is 17.0. The number of hydrogen-bond acceptors (Lipinski definition) is 5. The normalized spacial score (nSPS) is 23.4. The van der Waals surface area contributed by atoms with E-state index in [4.69, 9.17) is 23.7 Å². The summed E-state index contributed by atoms with van der Waals surface area (Å²) in [6.07, 6.45) is 4.59. The summed E-state index contributed by atoms with van der Waals surface area (Å²) in [7, 11) is 6.68. The van der Waals surface area contributed by atoms with E-state index in [2.05, 4.69) is 18.2 Å². The molecule has 150 valence electrons. The second kappa shape index (κ2) is 7.92.